The lowest BCUT2D eigenvalue weighted by molar-refractivity contribution is -0.135. The number of carbonyl (C=O) groups is 2. The molecule has 0 unspecified atom stereocenters. The topological polar surface area (TPSA) is 69.6 Å². The third-order valence-electron chi connectivity index (χ3n) is 3.10. The Bertz CT molecular complexity index is 451. The molecule has 0 atom stereocenters. The van der Waals surface area contributed by atoms with Crippen molar-refractivity contribution >= 4 is 11.9 Å². The number of benzene rings is 1. The van der Waals surface area contributed by atoms with E-state index in [2.05, 4.69) is 24.1 Å². The molecule has 1 amide bonds. The Balaban J connectivity index is 2.60. The Morgan fingerprint density at radius 1 is 1.10 bits per heavy atom. The highest BCUT2D eigenvalue weighted by atomic mass is 16.4. The molecule has 5 heteroatoms. The van der Waals surface area contributed by atoms with Gasteiger partial charge in [0.15, 0.2) is 0 Å². The second-order valence-electron chi connectivity index (χ2n) is 5.05. The van der Waals surface area contributed by atoms with Crippen LogP contribution >= 0.6 is 0 Å². The summed E-state index contributed by atoms with van der Waals surface area (Å²) in [7, 11) is 0. The van der Waals surface area contributed by atoms with E-state index in [1.165, 1.54) is 0 Å². The van der Waals surface area contributed by atoms with Gasteiger partial charge in [-0.2, -0.15) is 0 Å². The van der Waals surface area contributed by atoms with Crippen LogP contribution in [0.25, 0.3) is 0 Å². The summed E-state index contributed by atoms with van der Waals surface area (Å²) in [5, 5.41) is 10.9. The van der Waals surface area contributed by atoms with Crippen LogP contribution in [0.3, 0.4) is 0 Å². The van der Waals surface area contributed by atoms with Gasteiger partial charge in [-0.3, -0.25) is 14.5 Å². The summed E-state index contributed by atoms with van der Waals surface area (Å²) in [5.41, 5.74) is 1.64. The number of nitrogens with zero attached hydrogens (tertiary/aromatic N) is 1. The summed E-state index contributed by atoms with van der Waals surface area (Å²) in [6.45, 7) is 6.97. The van der Waals surface area contributed by atoms with E-state index < -0.39 is 5.97 Å². The molecule has 1 rings (SSSR count). The zero-order chi connectivity index (χ0) is 15.7. The van der Waals surface area contributed by atoms with Crippen LogP contribution in [-0.4, -0.2) is 41.5 Å². The Morgan fingerprint density at radius 2 is 1.67 bits per heavy atom. The molecule has 0 aromatic heterocycles. The van der Waals surface area contributed by atoms with Crippen molar-refractivity contribution in [1.29, 1.82) is 0 Å². The van der Waals surface area contributed by atoms with E-state index in [4.69, 9.17) is 5.11 Å². The number of rotatable bonds is 9. The Labute approximate surface area is 126 Å². The average Bonchev–Trinajstić information content (AvgIpc) is 2.46. The van der Waals surface area contributed by atoms with Crippen LogP contribution in [0, 0.1) is 0 Å². The fourth-order valence-electron chi connectivity index (χ4n) is 2.18. The van der Waals surface area contributed by atoms with Crippen LogP contribution < -0.4 is 5.32 Å². The Morgan fingerprint density at radius 3 is 2.14 bits per heavy atom. The first kappa shape index (κ1) is 17.2. The van der Waals surface area contributed by atoms with Gasteiger partial charge in [-0.05, 0) is 43.6 Å². The van der Waals surface area contributed by atoms with E-state index >= 15 is 0 Å². The van der Waals surface area contributed by atoms with Crippen LogP contribution in [0.15, 0.2) is 24.3 Å². The molecular formula is C16H24N2O3. The molecule has 2 N–H and O–H groups in total. The first-order valence-corrected chi connectivity index (χ1v) is 7.38. The van der Waals surface area contributed by atoms with Gasteiger partial charge < -0.3 is 10.4 Å². The molecule has 0 saturated heterocycles. The van der Waals surface area contributed by atoms with Crippen molar-refractivity contribution in [3.63, 3.8) is 0 Å². The maximum atomic E-state index is 11.7. The molecule has 0 aliphatic heterocycles. The van der Waals surface area contributed by atoms with Crippen LogP contribution in [-0.2, 0) is 11.3 Å². The van der Waals surface area contributed by atoms with Crippen molar-refractivity contribution < 1.29 is 14.7 Å². The monoisotopic (exact) mass is 292 g/mol. The van der Waals surface area contributed by atoms with Crippen molar-refractivity contribution in [2.75, 3.05) is 19.6 Å². The van der Waals surface area contributed by atoms with Gasteiger partial charge in [0, 0.05) is 12.1 Å². The van der Waals surface area contributed by atoms with Gasteiger partial charge in [0.1, 0.15) is 6.54 Å². The van der Waals surface area contributed by atoms with Crippen LogP contribution in [0.4, 0.5) is 0 Å². The number of carboxylic acids is 1. The summed E-state index contributed by atoms with van der Waals surface area (Å²) in [5.74, 6) is -1.40. The summed E-state index contributed by atoms with van der Waals surface area (Å²) in [6.07, 6.45) is 2.24. The summed E-state index contributed by atoms with van der Waals surface area (Å²) in [4.78, 5) is 24.5. The summed E-state index contributed by atoms with van der Waals surface area (Å²) >= 11 is 0. The van der Waals surface area contributed by atoms with Gasteiger partial charge in [0.25, 0.3) is 5.91 Å². The average molecular weight is 292 g/mol. The molecule has 116 valence electrons. The van der Waals surface area contributed by atoms with E-state index in [-0.39, 0.29) is 12.5 Å². The minimum absolute atomic E-state index is 0.358. The molecule has 1 aromatic carbocycles. The van der Waals surface area contributed by atoms with E-state index in [9.17, 15) is 9.59 Å². The van der Waals surface area contributed by atoms with Crippen molar-refractivity contribution in [3.8, 4) is 0 Å². The summed E-state index contributed by atoms with van der Waals surface area (Å²) < 4.78 is 0. The van der Waals surface area contributed by atoms with Gasteiger partial charge in [0.05, 0.1) is 0 Å². The lowest BCUT2D eigenvalue weighted by Crippen LogP contribution is -2.29. The van der Waals surface area contributed by atoms with Crippen molar-refractivity contribution in [1.82, 2.24) is 10.2 Å². The number of hydrogen-bond donors (Lipinski definition) is 2. The Kier molecular flexibility index (Phi) is 7.46. The quantitative estimate of drug-likeness (QED) is 0.731. The molecule has 0 fully saturated rings. The van der Waals surface area contributed by atoms with Gasteiger partial charge in [-0.25, -0.2) is 0 Å². The second kappa shape index (κ2) is 9.13. The maximum absolute atomic E-state index is 11.7. The number of aliphatic carboxylic acids is 1. The molecule has 0 aliphatic rings. The molecule has 0 aliphatic carbocycles. The fraction of sp³-hybridized carbons (Fsp3) is 0.500. The molecule has 0 radical (unpaired) electrons. The fourth-order valence-corrected chi connectivity index (χ4v) is 2.18. The molecule has 0 bridgehead atoms. The van der Waals surface area contributed by atoms with Crippen molar-refractivity contribution in [2.24, 2.45) is 0 Å². The van der Waals surface area contributed by atoms with E-state index in [0.29, 0.717) is 5.56 Å². The summed E-state index contributed by atoms with van der Waals surface area (Å²) in [6, 6.07) is 7.33. The lowest BCUT2D eigenvalue weighted by Gasteiger charge is -2.21. The van der Waals surface area contributed by atoms with Gasteiger partial charge in [-0.15, -0.1) is 0 Å². The van der Waals surface area contributed by atoms with Crippen LogP contribution in [0.1, 0.15) is 42.6 Å². The number of nitrogens with one attached hydrogen (secondary N) is 1. The first-order chi connectivity index (χ1) is 10.1. The van der Waals surface area contributed by atoms with Gasteiger partial charge in [-0.1, -0.05) is 26.0 Å². The molecule has 21 heavy (non-hydrogen) atoms. The predicted molar refractivity (Wildman–Crippen MR) is 82.3 cm³/mol. The molecular weight excluding hydrogens is 268 g/mol. The standard InChI is InChI=1S/C16H24N2O3/c1-3-9-18(10-4-2)12-13-5-7-14(8-6-13)16(21)17-11-15(19)20/h5-8H,3-4,9-12H2,1-2H3,(H,17,21)(H,19,20). The Hall–Kier alpha value is -1.88. The zero-order valence-electron chi connectivity index (χ0n) is 12.8. The highest BCUT2D eigenvalue weighted by Crippen LogP contribution is 2.09. The molecule has 1 aromatic rings. The van der Waals surface area contributed by atoms with E-state index in [0.717, 1.165) is 38.0 Å². The highest BCUT2D eigenvalue weighted by Gasteiger charge is 2.08. The zero-order valence-corrected chi connectivity index (χ0v) is 12.8. The maximum Gasteiger partial charge on any atom is 0.322 e. The number of carboxylic acid groups (broad SMARTS) is 1. The lowest BCUT2D eigenvalue weighted by atomic mass is 10.1. The number of carbonyl (C=O) groups excluding carboxylic acids is 1. The number of amides is 1. The van der Waals surface area contributed by atoms with Gasteiger partial charge >= 0.3 is 5.97 Å². The van der Waals surface area contributed by atoms with E-state index in [1.54, 1.807) is 12.1 Å². The molecule has 0 saturated carbocycles. The van der Waals surface area contributed by atoms with Crippen LogP contribution in [0.5, 0.6) is 0 Å². The molecule has 5 nitrogen and oxygen atoms in total. The SMILES string of the molecule is CCCN(CCC)Cc1ccc(C(=O)NCC(=O)O)cc1. The minimum atomic E-state index is -1.05. The van der Waals surface area contributed by atoms with Crippen LogP contribution in [0.2, 0.25) is 0 Å². The third-order valence-corrected chi connectivity index (χ3v) is 3.10. The third kappa shape index (κ3) is 6.40. The molecule has 0 spiro atoms. The van der Waals surface area contributed by atoms with E-state index in [1.807, 2.05) is 12.1 Å². The largest absolute Gasteiger partial charge is 0.480 e. The number of hydrogen-bond acceptors (Lipinski definition) is 3. The predicted octanol–water partition coefficient (Wildman–Crippen LogP) is 2.12. The normalized spacial score (nSPS) is 10.6. The minimum Gasteiger partial charge on any atom is -0.480 e. The van der Waals surface area contributed by atoms with Crippen molar-refractivity contribution in [3.05, 3.63) is 35.4 Å². The highest BCUT2D eigenvalue weighted by molar-refractivity contribution is 5.95. The van der Waals surface area contributed by atoms with Crippen molar-refractivity contribution in [2.45, 2.75) is 33.2 Å². The first-order valence-electron chi connectivity index (χ1n) is 7.38. The smallest absolute Gasteiger partial charge is 0.322 e. The molecule has 0 heterocycles. The second-order valence-corrected chi connectivity index (χ2v) is 5.05. The van der Waals surface area contributed by atoms with Gasteiger partial charge in [0.2, 0.25) is 0 Å².